The lowest BCUT2D eigenvalue weighted by molar-refractivity contribution is -0.153. The number of ether oxygens (including phenoxy) is 2. The molecule has 4 heteroatoms. The Morgan fingerprint density at radius 2 is 2.15 bits per heavy atom. The van der Waals surface area contributed by atoms with Gasteiger partial charge in [-0.05, 0) is 20.8 Å². The number of carbonyl (C=O) groups excluding carboxylic acids is 2. The van der Waals surface area contributed by atoms with Crippen LogP contribution in [0.2, 0.25) is 0 Å². The van der Waals surface area contributed by atoms with E-state index in [-0.39, 0.29) is 24.8 Å². The molecule has 1 fully saturated rings. The summed E-state index contributed by atoms with van der Waals surface area (Å²) in [4.78, 5) is 21.4. The Hall–Kier alpha value is -0.900. The van der Waals surface area contributed by atoms with E-state index >= 15 is 0 Å². The summed E-state index contributed by atoms with van der Waals surface area (Å²) < 4.78 is 9.82. The molecule has 1 saturated heterocycles. The normalized spacial score (nSPS) is 26.7. The SMILES string of the molecule is CC(C)(C)C(=O)OC[C@@H]1O[C@@H]1C=O. The predicted molar refractivity (Wildman–Crippen MR) is 45.1 cm³/mol. The molecule has 0 unspecified atom stereocenters. The maximum absolute atomic E-state index is 11.2. The van der Waals surface area contributed by atoms with Gasteiger partial charge in [-0.25, -0.2) is 0 Å². The highest BCUT2D eigenvalue weighted by atomic mass is 16.6. The second-order valence-corrected chi connectivity index (χ2v) is 4.12. The molecule has 74 valence electrons. The zero-order chi connectivity index (χ0) is 10.1. The second kappa shape index (κ2) is 3.46. The average molecular weight is 186 g/mol. The highest BCUT2D eigenvalue weighted by Gasteiger charge is 2.40. The van der Waals surface area contributed by atoms with Gasteiger partial charge < -0.3 is 14.3 Å². The van der Waals surface area contributed by atoms with Crippen molar-refractivity contribution in [3.05, 3.63) is 0 Å². The predicted octanol–water partition coefficient (Wildman–Crippen LogP) is 0.542. The topological polar surface area (TPSA) is 55.9 Å². The molecule has 0 saturated carbocycles. The van der Waals surface area contributed by atoms with Crippen molar-refractivity contribution >= 4 is 12.3 Å². The summed E-state index contributed by atoms with van der Waals surface area (Å²) in [5.74, 6) is -0.271. The van der Waals surface area contributed by atoms with Crippen molar-refractivity contribution in [2.75, 3.05) is 6.61 Å². The lowest BCUT2D eigenvalue weighted by atomic mass is 9.97. The molecule has 0 aromatic rings. The fraction of sp³-hybridized carbons (Fsp3) is 0.778. The van der Waals surface area contributed by atoms with Gasteiger partial charge in [-0.1, -0.05) is 0 Å². The van der Waals surface area contributed by atoms with Crippen molar-refractivity contribution in [1.29, 1.82) is 0 Å². The van der Waals surface area contributed by atoms with Gasteiger partial charge in [0.1, 0.15) is 18.8 Å². The lowest BCUT2D eigenvalue weighted by Gasteiger charge is -2.15. The van der Waals surface area contributed by atoms with Crippen LogP contribution in [-0.2, 0) is 19.1 Å². The summed E-state index contributed by atoms with van der Waals surface area (Å²) in [6, 6.07) is 0. The van der Waals surface area contributed by atoms with Crippen LogP contribution < -0.4 is 0 Å². The number of aldehydes is 1. The second-order valence-electron chi connectivity index (χ2n) is 4.12. The van der Waals surface area contributed by atoms with Crippen LogP contribution in [0, 0.1) is 5.41 Å². The highest BCUT2D eigenvalue weighted by Crippen LogP contribution is 2.22. The summed E-state index contributed by atoms with van der Waals surface area (Å²) in [6.07, 6.45) is 0.131. The van der Waals surface area contributed by atoms with Crippen molar-refractivity contribution in [2.24, 2.45) is 5.41 Å². The molecule has 0 amide bonds. The monoisotopic (exact) mass is 186 g/mol. The minimum absolute atomic E-state index is 0.180. The van der Waals surface area contributed by atoms with E-state index in [9.17, 15) is 9.59 Å². The molecule has 1 aliphatic rings. The fourth-order valence-corrected chi connectivity index (χ4v) is 0.785. The molecule has 1 aliphatic heterocycles. The van der Waals surface area contributed by atoms with E-state index in [1.54, 1.807) is 20.8 Å². The number of epoxide rings is 1. The van der Waals surface area contributed by atoms with E-state index in [0.717, 1.165) is 6.29 Å². The molecule has 0 aromatic carbocycles. The number of carbonyl (C=O) groups is 2. The van der Waals surface area contributed by atoms with Gasteiger partial charge in [0, 0.05) is 0 Å². The van der Waals surface area contributed by atoms with Crippen LogP contribution in [0.1, 0.15) is 20.8 Å². The van der Waals surface area contributed by atoms with Crippen LogP contribution >= 0.6 is 0 Å². The molecule has 4 nitrogen and oxygen atoms in total. The molecular formula is C9H14O4. The zero-order valence-corrected chi connectivity index (χ0v) is 8.07. The van der Waals surface area contributed by atoms with Crippen molar-refractivity contribution in [1.82, 2.24) is 0 Å². The molecule has 0 aromatic heterocycles. The van der Waals surface area contributed by atoms with Crippen molar-refractivity contribution in [3.8, 4) is 0 Å². The fourth-order valence-electron chi connectivity index (χ4n) is 0.785. The van der Waals surface area contributed by atoms with Gasteiger partial charge in [-0.15, -0.1) is 0 Å². The van der Waals surface area contributed by atoms with Gasteiger partial charge in [0.25, 0.3) is 0 Å². The third-order valence-corrected chi connectivity index (χ3v) is 1.75. The largest absolute Gasteiger partial charge is 0.462 e. The Labute approximate surface area is 77.2 Å². The summed E-state index contributed by atoms with van der Waals surface area (Å²) in [7, 11) is 0. The number of hydrogen-bond acceptors (Lipinski definition) is 4. The summed E-state index contributed by atoms with van der Waals surface area (Å²) >= 11 is 0. The third kappa shape index (κ3) is 2.81. The van der Waals surface area contributed by atoms with Crippen molar-refractivity contribution in [2.45, 2.75) is 33.0 Å². The first kappa shape index (κ1) is 10.2. The Kier molecular flexibility index (Phi) is 2.71. The summed E-state index contributed by atoms with van der Waals surface area (Å²) in [6.45, 7) is 5.51. The van der Waals surface area contributed by atoms with Crippen LogP contribution in [0.5, 0.6) is 0 Å². The number of rotatable bonds is 3. The first-order chi connectivity index (χ1) is 5.95. The van der Waals surface area contributed by atoms with E-state index in [1.807, 2.05) is 0 Å². The van der Waals surface area contributed by atoms with E-state index in [1.165, 1.54) is 0 Å². The van der Waals surface area contributed by atoms with E-state index in [2.05, 4.69) is 0 Å². The summed E-state index contributed by atoms with van der Waals surface area (Å²) in [5.41, 5.74) is -0.494. The Morgan fingerprint density at radius 3 is 2.54 bits per heavy atom. The lowest BCUT2D eigenvalue weighted by Crippen LogP contribution is -2.24. The molecule has 1 rings (SSSR count). The molecule has 0 N–H and O–H groups in total. The van der Waals surface area contributed by atoms with Gasteiger partial charge in [-0.3, -0.25) is 4.79 Å². The van der Waals surface area contributed by atoms with Crippen LogP contribution in [0.15, 0.2) is 0 Å². The minimum Gasteiger partial charge on any atom is -0.462 e. The van der Waals surface area contributed by atoms with E-state index < -0.39 is 5.41 Å². The maximum atomic E-state index is 11.2. The van der Waals surface area contributed by atoms with Crippen LogP contribution in [0.25, 0.3) is 0 Å². The third-order valence-electron chi connectivity index (χ3n) is 1.75. The van der Waals surface area contributed by atoms with Crippen molar-refractivity contribution < 1.29 is 19.1 Å². The Bertz CT molecular complexity index is 216. The molecule has 13 heavy (non-hydrogen) atoms. The van der Waals surface area contributed by atoms with Gasteiger partial charge in [0.2, 0.25) is 0 Å². The van der Waals surface area contributed by atoms with Gasteiger partial charge in [0.05, 0.1) is 5.41 Å². The molecule has 2 atom stereocenters. The number of esters is 1. The minimum atomic E-state index is -0.494. The van der Waals surface area contributed by atoms with Gasteiger partial charge >= 0.3 is 5.97 Å². The molecule has 0 radical (unpaired) electrons. The Morgan fingerprint density at radius 1 is 1.54 bits per heavy atom. The van der Waals surface area contributed by atoms with Crippen molar-refractivity contribution in [3.63, 3.8) is 0 Å². The standard InChI is InChI=1S/C9H14O4/c1-9(2,3)8(11)12-5-7-6(4-10)13-7/h4,6-7H,5H2,1-3H3/t6-,7+/m1/s1. The molecule has 1 heterocycles. The molecule has 0 spiro atoms. The molecular weight excluding hydrogens is 172 g/mol. The van der Waals surface area contributed by atoms with E-state index in [4.69, 9.17) is 9.47 Å². The highest BCUT2D eigenvalue weighted by molar-refractivity contribution is 5.75. The molecule has 0 bridgehead atoms. The Balaban J connectivity index is 2.21. The average Bonchev–Trinajstić information content (AvgIpc) is 2.76. The zero-order valence-electron chi connectivity index (χ0n) is 8.07. The quantitative estimate of drug-likeness (QED) is 0.367. The van der Waals surface area contributed by atoms with Gasteiger partial charge in [0.15, 0.2) is 6.29 Å². The van der Waals surface area contributed by atoms with Crippen LogP contribution in [-0.4, -0.2) is 31.1 Å². The molecule has 0 aliphatic carbocycles. The van der Waals surface area contributed by atoms with Crippen LogP contribution in [0.3, 0.4) is 0 Å². The first-order valence-electron chi connectivity index (χ1n) is 4.23. The first-order valence-corrected chi connectivity index (χ1v) is 4.23. The van der Waals surface area contributed by atoms with Gasteiger partial charge in [-0.2, -0.15) is 0 Å². The maximum Gasteiger partial charge on any atom is 0.311 e. The van der Waals surface area contributed by atoms with Crippen LogP contribution in [0.4, 0.5) is 0 Å². The number of hydrogen-bond donors (Lipinski definition) is 0. The summed E-state index contributed by atoms with van der Waals surface area (Å²) in [5, 5.41) is 0. The van der Waals surface area contributed by atoms with E-state index in [0.29, 0.717) is 0 Å². The smallest absolute Gasteiger partial charge is 0.311 e.